The fraction of sp³-hybridized carbons (Fsp3) is 0.409. The number of hydrogen-bond acceptors (Lipinski definition) is 7. The van der Waals surface area contributed by atoms with Crippen LogP contribution in [0, 0.1) is 5.92 Å². The molecule has 0 saturated carbocycles. The Balaban J connectivity index is 2.16. The van der Waals surface area contributed by atoms with Gasteiger partial charge in [-0.2, -0.15) is 0 Å². The minimum atomic E-state index is -0.552. The summed E-state index contributed by atoms with van der Waals surface area (Å²) in [6.45, 7) is 7.11. The number of anilines is 2. The van der Waals surface area contributed by atoms with E-state index in [1.54, 1.807) is 23.9 Å². The summed E-state index contributed by atoms with van der Waals surface area (Å²) >= 11 is 0. The van der Waals surface area contributed by atoms with Crippen LogP contribution >= 0.6 is 0 Å². The molecule has 0 radical (unpaired) electrons. The van der Waals surface area contributed by atoms with E-state index in [1.807, 2.05) is 26.8 Å². The van der Waals surface area contributed by atoms with Crippen molar-refractivity contribution in [3.63, 3.8) is 0 Å². The largest absolute Gasteiger partial charge is 0.472 e. The molecule has 0 aromatic carbocycles. The molecular weight excluding hydrogens is 400 g/mol. The van der Waals surface area contributed by atoms with Gasteiger partial charge in [0.25, 0.3) is 5.91 Å². The Bertz CT molecular complexity index is 1060. The third kappa shape index (κ3) is 4.88. The van der Waals surface area contributed by atoms with E-state index in [9.17, 15) is 9.59 Å². The summed E-state index contributed by atoms with van der Waals surface area (Å²) in [4.78, 5) is 30.1. The molecule has 2 N–H and O–H groups in total. The maximum absolute atomic E-state index is 12.8. The van der Waals surface area contributed by atoms with Crippen molar-refractivity contribution in [2.24, 2.45) is 5.92 Å². The number of ether oxygens (including phenoxy) is 2. The van der Waals surface area contributed by atoms with Crippen LogP contribution in [0.4, 0.5) is 11.4 Å². The van der Waals surface area contributed by atoms with E-state index in [-0.39, 0.29) is 17.7 Å². The molecule has 9 nitrogen and oxygen atoms in total. The van der Waals surface area contributed by atoms with E-state index in [4.69, 9.17) is 13.9 Å². The summed E-state index contributed by atoms with van der Waals surface area (Å²) in [5.74, 6) is -0.713. The van der Waals surface area contributed by atoms with Gasteiger partial charge in [0, 0.05) is 25.1 Å². The second kappa shape index (κ2) is 9.65. The predicted octanol–water partition coefficient (Wildman–Crippen LogP) is 3.77. The first-order chi connectivity index (χ1) is 14.8. The zero-order valence-corrected chi connectivity index (χ0v) is 18.4. The van der Waals surface area contributed by atoms with Gasteiger partial charge in [0.2, 0.25) is 0 Å². The van der Waals surface area contributed by atoms with Crippen LogP contribution in [0.25, 0.3) is 11.0 Å². The molecule has 0 bridgehead atoms. The highest BCUT2D eigenvalue weighted by atomic mass is 16.5. The van der Waals surface area contributed by atoms with Gasteiger partial charge in [-0.3, -0.25) is 4.79 Å². The molecule has 166 valence electrons. The lowest BCUT2D eigenvalue weighted by molar-refractivity contribution is 0.0589. The highest BCUT2D eigenvalue weighted by Crippen LogP contribution is 2.33. The number of furan rings is 1. The minimum absolute atomic E-state index is 0.0473. The van der Waals surface area contributed by atoms with Crippen LogP contribution in [0.15, 0.2) is 35.3 Å². The van der Waals surface area contributed by atoms with Crippen molar-refractivity contribution >= 4 is 34.3 Å². The molecular formula is C22H28N4O5. The summed E-state index contributed by atoms with van der Waals surface area (Å²) in [7, 11) is 2.95. The van der Waals surface area contributed by atoms with Gasteiger partial charge in [-0.1, -0.05) is 13.8 Å². The van der Waals surface area contributed by atoms with Gasteiger partial charge >= 0.3 is 5.97 Å². The van der Waals surface area contributed by atoms with Crippen molar-refractivity contribution in [3.05, 3.63) is 42.1 Å². The summed E-state index contributed by atoms with van der Waals surface area (Å²) < 4.78 is 17.0. The van der Waals surface area contributed by atoms with Crippen molar-refractivity contribution < 1.29 is 23.5 Å². The third-order valence-electron chi connectivity index (χ3n) is 4.68. The Hall–Kier alpha value is -3.33. The number of carbonyl (C=O) groups excluding carboxylic acids is 2. The number of amides is 1. The molecule has 1 atom stereocenters. The summed E-state index contributed by atoms with van der Waals surface area (Å²) in [5.41, 5.74) is 2.27. The zero-order valence-electron chi connectivity index (χ0n) is 18.4. The molecule has 3 aromatic heterocycles. The van der Waals surface area contributed by atoms with E-state index >= 15 is 0 Å². The van der Waals surface area contributed by atoms with Gasteiger partial charge in [-0.05, 0) is 25.0 Å². The standard InChI is InChI=1S/C22H28N4O5/c1-13(2)10-26-19(22(28)30-5)18(25-21(27)15-6-7-31-12-15)17-8-16(9-23-20(17)26)24-14(3)11-29-4/h6-9,12-14,24H,10-11H2,1-5H3,(H,25,27). The van der Waals surface area contributed by atoms with Crippen LogP contribution in [0.3, 0.4) is 0 Å². The average molecular weight is 428 g/mol. The quantitative estimate of drug-likeness (QED) is 0.500. The maximum atomic E-state index is 12.8. The van der Waals surface area contributed by atoms with Crippen LogP contribution in [0.5, 0.6) is 0 Å². The average Bonchev–Trinajstić information content (AvgIpc) is 3.35. The first-order valence-electron chi connectivity index (χ1n) is 10.0. The van der Waals surface area contributed by atoms with Crippen molar-refractivity contribution in [3.8, 4) is 0 Å². The maximum Gasteiger partial charge on any atom is 0.356 e. The van der Waals surface area contributed by atoms with Crippen LogP contribution in [0.2, 0.25) is 0 Å². The second-order valence-electron chi connectivity index (χ2n) is 7.78. The molecule has 0 saturated heterocycles. The monoisotopic (exact) mass is 428 g/mol. The van der Waals surface area contributed by atoms with Gasteiger partial charge < -0.3 is 29.1 Å². The number of methoxy groups -OCH3 is 2. The van der Waals surface area contributed by atoms with E-state index < -0.39 is 11.9 Å². The van der Waals surface area contributed by atoms with Crippen molar-refractivity contribution in [2.75, 3.05) is 31.5 Å². The molecule has 0 fully saturated rings. The molecule has 9 heteroatoms. The molecule has 3 aromatic rings. The number of rotatable bonds is 9. The molecule has 3 rings (SSSR count). The zero-order chi connectivity index (χ0) is 22.5. The third-order valence-corrected chi connectivity index (χ3v) is 4.68. The number of hydrogen-bond donors (Lipinski definition) is 2. The normalized spacial score (nSPS) is 12.2. The number of carbonyl (C=O) groups is 2. The topological polar surface area (TPSA) is 108 Å². The first-order valence-corrected chi connectivity index (χ1v) is 10.0. The number of aromatic nitrogens is 2. The molecule has 0 aliphatic rings. The lowest BCUT2D eigenvalue weighted by atomic mass is 10.2. The van der Waals surface area contributed by atoms with Crippen molar-refractivity contribution in [1.82, 2.24) is 9.55 Å². The van der Waals surface area contributed by atoms with Gasteiger partial charge in [0.1, 0.15) is 11.9 Å². The van der Waals surface area contributed by atoms with Crippen molar-refractivity contribution in [2.45, 2.75) is 33.4 Å². The fourth-order valence-electron chi connectivity index (χ4n) is 3.44. The molecule has 31 heavy (non-hydrogen) atoms. The number of pyridine rings is 1. The Morgan fingerprint density at radius 2 is 2.03 bits per heavy atom. The molecule has 0 aliphatic heterocycles. The van der Waals surface area contributed by atoms with E-state index in [1.165, 1.54) is 19.6 Å². The Morgan fingerprint density at radius 3 is 2.65 bits per heavy atom. The Morgan fingerprint density at radius 1 is 1.26 bits per heavy atom. The highest BCUT2D eigenvalue weighted by molar-refractivity contribution is 6.14. The van der Waals surface area contributed by atoms with Crippen LogP contribution in [0.1, 0.15) is 41.6 Å². The summed E-state index contributed by atoms with van der Waals surface area (Å²) in [6.07, 6.45) is 4.46. The summed E-state index contributed by atoms with van der Waals surface area (Å²) in [5, 5.41) is 6.80. The van der Waals surface area contributed by atoms with Crippen molar-refractivity contribution in [1.29, 1.82) is 0 Å². The molecule has 3 heterocycles. The number of nitrogens with one attached hydrogen (secondary N) is 2. The van der Waals surface area contributed by atoms with Gasteiger partial charge in [0.05, 0.1) is 43.1 Å². The van der Waals surface area contributed by atoms with E-state index in [2.05, 4.69) is 15.6 Å². The molecule has 1 unspecified atom stereocenters. The van der Waals surface area contributed by atoms with Crippen LogP contribution in [-0.4, -0.2) is 48.3 Å². The van der Waals surface area contributed by atoms with Gasteiger partial charge in [-0.15, -0.1) is 0 Å². The SMILES string of the molecule is COCC(C)Nc1cnc2c(c1)c(NC(=O)c1ccoc1)c(C(=O)OC)n2CC(C)C. The van der Waals surface area contributed by atoms with Gasteiger partial charge in [-0.25, -0.2) is 9.78 Å². The van der Waals surface area contributed by atoms with Crippen LogP contribution in [-0.2, 0) is 16.0 Å². The molecule has 0 aliphatic carbocycles. The number of fused-ring (bicyclic) bond motifs is 1. The first kappa shape index (κ1) is 22.4. The number of nitrogens with zero attached hydrogens (tertiary/aromatic N) is 2. The molecule has 0 spiro atoms. The number of esters is 1. The Labute approximate surface area is 180 Å². The Kier molecular flexibility index (Phi) is 6.96. The summed E-state index contributed by atoms with van der Waals surface area (Å²) in [6, 6.07) is 3.46. The highest BCUT2D eigenvalue weighted by Gasteiger charge is 2.27. The van der Waals surface area contributed by atoms with E-state index in [0.717, 1.165) is 5.69 Å². The van der Waals surface area contributed by atoms with Crippen LogP contribution < -0.4 is 10.6 Å². The van der Waals surface area contributed by atoms with Gasteiger partial charge in [0.15, 0.2) is 5.69 Å². The lowest BCUT2D eigenvalue weighted by Crippen LogP contribution is -2.20. The second-order valence-corrected chi connectivity index (χ2v) is 7.78. The van der Waals surface area contributed by atoms with E-state index in [0.29, 0.717) is 35.4 Å². The fourth-order valence-corrected chi connectivity index (χ4v) is 3.44. The lowest BCUT2D eigenvalue weighted by Gasteiger charge is -2.14. The minimum Gasteiger partial charge on any atom is -0.472 e. The predicted molar refractivity (Wildman–Crippen MR) is 118 cm³/mol. The smallest absolute Gasteiger partial charge is 0.356 e. The molecule has 1 amide bonds.